The lowest BCUT2D eigenvalue weighted by molar-refractivity contribution is 0.967. The van der Waals surface area contributed by atoms with Gasteiger partial charge in [-0.15, -0.1) is 0 Å². The van der Waals surface area contributed by atoms with Crippen LogP contribution < -0.4 is 0 Å². The van der Waals surface area contributed by atoms with Gasteiger partial charge in [-0.05, 0) is 12.1 Å². The summed E-state index contributed by atoms with van der Waals surface area (Å²) in [5, 5.41) is 19.5. The number of aryl methyl sites for hydroxylation is 1. The first-order chi connectivity index (χ1) is 11.2. The highest BCUT2D eigenvalue weighted by Gasteiger charge is 2.03. The molecule has 2 aromatic carbocycles. The molecule has 4 aromatic rings. The molecule has 4 nitrogen and oxygen atoms in total. The number of para-hydroxylation sites is 2. The Morgan fingerprint density at radius 2 is 1.52 bits per heavy atom. The minimum atomic E-state index is 0.709. The second-order valence-electron chi connectivity index (χ2n) is 5.14. The molecule has 4 rings (SSSR count). The largest absolute Gasteiger partial charge is 0.360 e. The highest BCUT2D eigenvalue weighted by Crippen LogP contribution is 2.18. The van der Waals surface area contributed by atoms with Gasteiger partial charge in [-0.3, -0.25) is 0 Å². The number of hydrogen-bond acceptors (Lipinski definition) is 2. The fourth-order valence-corrected chi connectivity index (χ4v) is 2.59. The van der Waals surface area contributed by atoms with Gasteiger partial charge in [-0.2, -0.15) is 10.5 Å². The van der Waals surface area contributed by atoms with Crippen LogP contribution in [0.2, 0.25) is 0 Å². The summed E-state index contributed by atoms with van der Waals surface area (Å²) < 4.78 is 1.97. The Labute approximate surface area is 133 Å². The number of aromatic amines is 1. The molecule has 0 radical (unpaired) electrons. The molecule has 0 aliphatic heterocycles. The van der Waals surface area contributed by atoms with E-state index in [1.165, 1.54) is 0 Å². The average Bonchev–Trinajstić information content (AvgIpc) is 3.17. The van der Waals surface area contributed by atoms with Crippen molar-refractivity contribution in [1.29, 1.82) is 10.5 Å². The highest BCUT2D eigenvalue weighted by molar-refractivity contribution is 5.86. The summed E-state index contributed by atoms with van der Waals surface area (Å²) >= 11 is 0. The smallest absolute Gasteiger partial charge is 0.101 e. The van der Waals surface area contributed by atoms with E-state index >= 15 is 0 Å². The third kappa shape index (κ3) is 2.66. The molecule has 0 aliphatic rings. The summed E-state index contributed by atoms with van der Waals surface area (Å²) in [6.45, 7) is 0. The van der Waals surface area contributed by atoms with Crippen molar-refractivity contribution in [1.82, 2.24) is 9.55 Å². The number of fused-ring (bicyclic) bond motifs is 2. The van der Waals surface area contributed by atoms with E-state index < -0.39 is 0 Å². The summed E-state index contributed by atoms with van der Waals surface area (Å²) in [5.74, 6) is 0. The molecule has 23 heavy (non-hydrogen) atoms. The molecule has 0 saturated heterocycles. The second-order valence-corrected chi connectivity index (χ2v) is 5.14. The topological polar surface area (TPSA) is 68.3 Å². The Hall–Kier alpha value is -3.50. The Balaban J connectivity index is 0.000000136. The number of nitrogens with zero attached hydrogens (tertiary/aromatic N) is 3. The van der Waals surface area contributed by atoms with Crippen molar-refractivity contribution in [2.24, 2.45) is 7.05 Å². The van der Waals surface area contributed by atoms with Crippen molar-refractivity contribution in [3.05, 3.63) is 72.1 Å². The van der Waals surface area contributed by atoms with Gasteiger partial charge in [0.25, 0.3) is 0 Å². The molecule has 0 unspecified atom stereocenters. The molecule has 1 N–H and O–H groups in total. The molecule has 0 spiro atoms. The van der Waals surface area contributed by atoms with Crippen LogP contribution in [0.3, 0.4) is 0 Å². The van der Waals surface area contributed by atoms with E-state index in [0.717, 1.165) is 27.4 Å². The first kappa shape index (κ1) is 14.4. The molecular weight excluding hydrogens is 284 g/mol. The van der Waals surface area contributed by atoms with Gasteiger partial charge in [-0.1, -0.05) is 36.4 Å². The predicted molar refractivity (Wildman–Crippen MR) is 90.6 cm³/mol. The summed E-state index contributed by atoms with van der Waals surface area (Å²) in [5.41, 5.74) is 3.58. The zero-order chi connectivity index (χ0) is 16.2. The molecule has 0 saturated carbocycles. The molecule has 4 heteroatoms. The van der Waals surface area contributed by atoms with Crippen LogP contribution >= 0.6 is 0 Å². The second kappa shape index (κ2) is 6.09. The first-order valence-corrected chi connectivity index (χ1v) is 7.15. The molecule has 2 aromatic heterocycles. The lowest BCUT2D eigenvalue weighted by Gasteiger charge is -1.92. The van der Waals surface area contributed by atoms with E-state index in [-0.39, 0.29) is 0 Å². The van der Waals surface area contributed by atoms with Gasteiger partial charge in [0.05, 0.1) is 11.1 Å². The monoisotopic (exact) mass is 298 g/mol. The van der Waals surface area contributed by atoms with Crippen LogP contribution in [0.25, 0.3) is 21.8 Å². The van der Waals surface area contributed by atoms with Crippen LogP contribution in [0.15, 0.2) is 60.9 Å². The van der Waals surface area contributed by atoms with Gasteiger partial charge in [0.1, 0.15) is 12.1 Å². The SMILES string of the molecule is Cn1cc(C#N)c2ccccc21.N#Cc1c[nH]c2ccccc12. The van der Waals surface area contributed by atoms with E-state index in [1.54, 1.807) is 6.20 Å². The van der Waals surface area contributed by atoms with E-state index in [1.807, 2.05) is 66.3 Å². The maximum atomic E-state index is 8.79. The van der Waals surface area contributed by atoms with E-state index in [0.29, 0.717) is 5.56 Å². The number of aromatic nitrogens is 2. The minimum absolute atomic E-state index is 0.709. The van der Waals surface area contributed by atoms with Gasteiger partial charge < -0.3 is 9.55 Å². The lowest BCUT2D eigenvalue weighted by Crippen LogP contribution is -1.81. The quantitative estimate of drug-likeness (QED) is 0.531. The van der Waals surface area contributed by atoms with Gasteiger partial charge in [0.15, 0.2) is 0 Å². The number of rotatable bonds is 0. The van der Waals surface area contributed by atoms with Crippen molar-refractivity contribution in [2.45, 2.75) is 0 Å². The van der Waals surface area contributed by atoms with Gasteiger partial charge in [-0.25, -0.2) is 0 Å². The maximum absolute atomic E-state index is 8.79. The minimum Gasteiger partial charge on any atom is -0.360 e. The molecule has 0 amide bonds. The third-order valence-corrected chi connectivity index (χ3v) is 3.73. The normalized spacial score (nSPS) is 9.87. The maximum Gasteiger partial charge on any atom is 0.101 e. The van der Waals surface area contributed by atoms with Gasteiger partial charge in [0, 0.05) is 41.2 Å². The van der Waals surface area contributed by atoms with Crippen molar-refractivity contribution in [3.63, 3.8) is 0 Å². The van der Waals surface area contributed by atoms with E-state index in [4.69, 9.17) is 10.5 Å². The zero-order valence-electron chi connectivity index (χ0n) is 12.6. The van der Waals surface area contributed by atoms with Crippen LogP contribution in [0, 0.1) is 22.7 Å². The summed E-state index contributed by atoms with van der Waals surface area (Å²) in [6, 6.07) is 19.9. The Kier molecular flexibility index (Phi) is 3.82. The number of H-pyrrole nitrogens is 1. The van der Waals surface area contributed by atoms with Crippen molar-refractivity contribution < 1.29 is 0 Å². The summed E-state index contributed by atoms with van der Waals surface area (Å²) in [4.78, 5) is 3.02. The predicted octanol–water partition coefficient (Wildman–Crippen LogP) is 4.09. The molecule has 110 valence electrons. The van der Waals surface area contributed by atoms with Crippen molar-refractivity contribution >= 4 is 21.8 Å². The van der Waals surface area contributed by atoms with Crippen molar-refractivity contribution in [2.75, 3.05) is 0 Å². The molecule has 0 fully saturated rings. The van der Waals surface area contributed by atoms with Gasteiger partial charge >= 0.3 is 0 Å². The molecule has 2 heterocycles. The zero-order valence-corrected chi connectivity index (χ0v) is 12.6. The van der Waals surface area contributed by atoms with Crippen LogP contribution in [0.4, 0.5) is 0 Å². The molecular formula is C19H14N4. The highest BCUT2D eigenvalue weighted by atomic mass is 14.9. The fraction of sp³-hybridized carbons (Fsp3) is 0.0526. The Bertz CT molecular complexity index is 1050. The molecule has 0 bridgehead atoms. The number of hydrogen-bond donors (Lipinski definition) is 1. The molecule has 0 aliphatic carbocycles. The average molecular weight is 298 g/mol. The number of nitriles is 2. The Morgan fingerprint density at radius 3 is 2.26 bits per heavy atom. The van der Waals surface area contributed by atoms with Crippen LogP contribution in [0.5, 0.6) is 0 Å². The molecule has 0 atom stereocenters. The van der Waals surface area contributed by atoms with E-state index in [9.17, 15) is 0 Å². The van der Waals surface area contributed by atoms with Gasteiger partial charge in [0.2, 0.25) is 0 Å². The standard InChI is InChI=1S/C10H8N2.C9H6N2/c1-12-7-8(6-11)9-4-2-3-5-10(9)12;10-5-7-6-11-9-4-2-1-3-8(7)9/h2-5,7H,1H3;1-4,6,11H. The summed E-state index contributed by atoms with van der Waals surface area (Å²) in [7, 11) is 1.95. The van der Waals surface area contributed by atoms with Crippen LogP contribution in [-0.4, -0.2) is 9.55 Å². The first-order valence-electron chi connectivity index (χ1n) is 7.15. The van der Waals surface area contributed by atoms with Crippen LogP contribution in [0.1, 0.15) is 11.1 Å². The number of nitrogens with one attached hydrogen (secondary N) is 1. The summed E-state index contributed by atoms with van der Waals surface area (Å²) in [6.07, 6.45) is 3.58. The fourth-order valence-electron chi connectivity index (χ4n) is 2.59. The lowest BCUT2D eigenvalue weighted by atomic mass is 10.2. The van der Waals surface area contributed by atoms with Crippen LogP contribution in [-0.2, 0) is 7.05 Å². The third-order valence-electron chi connectivity index (χ3n) is 3.73. The Morgan fingerprint density at radius 1 is 0.870 bits per heavy atom. The number of benzene rings is 2. The van der Waals surface area contributed by atoms with Crippen molar-refractivity contribution in [3.8, 4) is 12.1 Å². The van der Waals surface area contributed by atoms with E-state index in [2.05, 4.69) is 17.1 Å².